The quantitative estimate of drug-likeness (QED) is 0.417. The number of aromatic nitrogens is 2. The van der Waals surface area contributed by atoms with Crippen molar-refractivity contribution in [2.75, 3.05) is 17.3 Å². The number of nitrogens with one attached hydrogen (secondary N) is 2. The Bertz CT molecular complexity index is 380. The molecule has 0 aliphatic rings. The zero-order chi connectivity index (χ0) is 13.6. The number of nitrogen functional groups attached to an aromatic ring is 1. The Morgan fingerprint density at radius 3 is 2.50 bits per heavy atom. The van der Waals surface area contributed by atoms with E-state index < -0.39 is 12.6 Å². The molecule has 0 fully saturated rings. The Labute approximate surface area is 103 Å². The van der Waals surface area contributed by atoms with E-state index in [4.69, 9.17) is 5.84 Å². The van der Waals surface area contributed by atoms with Crippen LogP contribution < -0.4 is 16.6 Å². The highest BCUT2D eigenvalue weighted by atomic mass is 19.4. The van der Waals surface area contributed by atoms with Crippen LogP contribution in [0.5, 0.6) is 0 Å². The lowest BCUT2D eigenvalue weighted by molar-refractivity contribution is -0.135. The van der Waals surface area contributed by atoms with Crippen LogP contribution in [0, 0.1) is 6.92 Å². The molecule has 0 radical (unpaired) electrons. The number of rotatable bonds is 6. The average molecular weight is 263 g/mol. The van der Waals surface area contributed by atoms with Gasteiger partial charge in [0.05, 0.1) is 0 Å². The first kappa shape index (κ1) is 14.5. The fourth-order valence-corrected chi connectivity index (χ4v) is 1.40. The van der Waals surface area contributed by atoms with E-state index in [9.17, 15) is 13.2 Å². The van der Waals surface area contributed by atoms with Crippen molar-refractivity contribution in [2.24, 2.45) is 5.84 Å². The number of anilines is 2. The SMILES string of the molecule is Cc1nc(NN)cc(NCCCCC(F)(F)F)n1. The number of unbranched alkanes of at least 4 members (excludes halogenated alkanes) is 1. The minimum atomic E-state index is -4.08. The first-order chi connectivity index (χ1) is 8.40. The van der Waals surface area contributed by atoms with Gasteiger partial charge in [0.15, 0.2) is 0 Å². The van der Waals surface area contributed by atoms with Crippen molar-refractivity contribution in [3.05, 3.63) is 11.9 Å². The van der Waals surface area contributed by atoms with Crippen LogP contribution in [0.15, 0.2) is 6.07 Å². The van der Waals surface area contributed by atoms with Crippen LogP contribution in [0.2, 0.25) is 0 Å². The van der Waals surface area contributed by atoms with Gasteiger partial charge >= 0.3 is 6.18 Å². The summed E-state index contributed by atoms with van der Waals surface area (Å²) >= 11 is 0. The molecule has 0 unspecified atom stereocenters. The summed E-state index contributed by atoms with van der Waals surface area (Å²) < 4.78 is 35.7. The van der Waals surface area contributed by atoms with E-state index >= 15 is 0 Å². The van der Waals surface area contributed by atoms with Crippen molar-refractivity contribution in [1.82, 2.24) is 9.97 Å². The van der Waals surface area contributed by atoms with E-state index in [1.807, 2.05) is 0 Å². The molecule has 0 aliphatic heterocycles. The maximum atomic E-state index is 11.9. The molecule has 0 amide bonds. The second kappa shape index (κ2) is 6.39. The Balaban J connectivity index is 2.33. The number of alkyl halides is 3. The van der Waals surface area contributed by atoms with E-state index in [-0.39, 0.29) is 6.42 Å². The molecule has 1 rings (SSSR count). The predicted molar refractivity (Wildman–Crippen MR) is 63.0 cm³/mol. The highest BCUT2D eigenvalue weighted by Crippen LogP contribution is 2.22. The molecule has 0 saturated heterocycles. The van der Waals surface area contributed by atoms with Crippen molar-refractivity contribution in [1.29, 1.82) is 0 Å². The molecule has 0 atom stereocenters. The maximum Gasteiger partial charge on any atom is 0.389 e. The third-order valence-electron chi connectivity index (χ3n) is 2.18. The van der Waals surface area contributed by atoms with Crippen molar-refractivity contribution in [2.45, 2.75) is 32.4 Å². The van der Waals surface area contributed by atoms with Gasteiger partial charge in [-0.1, -0.05) is 0 Å². The van der Waals surface area contributed by atoms with Gasteiger partial charge in [-0.3, -0.25) is 0 Å². The topological polar surface area (TPSA) is 75.9 Å². The van der Waals surface area contributed by atoms with Crippen LogP contribution in [-0.4, -0.2) is 22.7 Å². The minimum absolute atomic E-state index is 0.0998. The third-order valence-corrected chi connectivity index (χ3v) is 2.18. The summed E-state index contributed by atoms with van der Waals surface area (Å²) in [6.45, 7) is 2.13. The largest absolute Gasteiger partial charge is 0.389 e. The molecule has 1 heterocycles. The van der Waals surface area contributed by atoms with E-state index in [2.05, 4.69) is 20.7 Å². The molecule has 0 bridgehead atoms. The van der Waals surface area contributed by atoms with Crippen LogP contribution in [0.1, 0.15) is 25.1 Å². The van der Waals surface area contributed by atoms with Crippen LogP contribution in [0.3, 0.4) is 0 Å². The molecule has 1 aromatic heterocycles. The standard InChI is InChI=1S/C10H16F3N5/c1-7-16-8(6-9(17-7)18-14)15-5-3-2-4-10(11,12)13/h6H,2-5,14H2,1H3,(H2,15,16,17,18). The fourth-order valence-electron chi connectivity index (χ4n) is 1.40. The van der Waals surface area contributed by atoms with Gasteiger partial charge in [-0.15, -0.1) is 0 Å². The summed E-state index contributed by atoms with van der Waals surface area (Å²) in [5.74, 6) is 6.75. The molecule has 0 spiro atoms. The third kappa shape index (κ3) is 5.67. The normalized spacial score (nSPS) is 11.4. The zero-order valence-corrected chi connectivity index (χ0v) is 10.0. The molecule has 5 nitrogen and oxygen atoms in total. The molecule has 8 heteroatoms. The van der Waals surface area contributed by atoms with Gasteiger partial charge in [0.25, 0.3) is 0 Å². The maximum absolute atomic E-state index is 11.9. The van der Waals surface area contributed by atoms with Crippen LogP contribution in [0.4, 0.5) is 24.8 Å². The number of nitrogens with two attached hydrogens (primary N) is 1. The second-order valence-corrected chi connectivity index (χ2v) is 3.83. The first-order valence-electron chi connectivity index (χ1n) is 5.53. The van der Waals surface area contributed by atoms with E-state index in [0.29, 0.717) is 30.4 Å². The Morgan fingerprint density at radius 1 is 1.22 bits per heavy atom. The first-order valence-corrected chi connectivity index (χ1v) is 5.53. The predicted octanol–water partition coefficient (Wildman–Crippen LogP) is 2.22. The number of hydrogen-bond acceptors (Lipinski definition) is 5. The van der Waals surface area contributed by atoms with Gasteiger partial charge in [-0.2, -0.15) is 13.2 Å². The van der Waals surface area contributed by atoms with Crippen molar-refractivity contribution in [3.8, 4) is 0 Å². The monoisotopic (exact) mass is 263 g/mol. The number of hydrazine groups is 1. The Morgan fingerprint density at radius 2 is 1.89 bits per heavy atom. The highest BCUT2D eigenvalue weighted by molar-refractivity contribution is 5.46. The summed E-state index contributed by atoms with van der Waals surface area (Å²) in [5, 5.41) is 2.93. The zero-order valence-electron chi connectivity index (χ0n) is 10.0. The van der Waals surface area contributed by atoms with Crippen molar-refractivity contribution in [3.63, 3.8) is 0 Å². The lowest BCUT2D eigenvalue weighted by atomic mass is 10.2. The van der Waals surface area contributed by atoms with Gasteiger partial charge in [-0.25, -0.2) is 15.8 Å². The number of hydrogen-bond donors (Lipinski definition) is 3. The van der Waals surface area contributed by atoms with Crippen LogP contribution in [-0.2, 0) is 0 Å². The summed E-state index contributed by atoms with van der Waals surface area (Å²) in [6, 6.07) is 1.59. The molecule has 1 aromatic rings. The van der Waals surface area contributed by atoms with E-state index in [0.717, 1.165) is 0 Å². The molecule has 4 N–H and O–H groups in total. The minimum Gasteiger partial charge on any atom is -0.370 e. The summed E-state index contributed by atoms with van der Waals surface area (Å²) in [4.78, 5) is 8.08. The molecule has 0 saturated carbocycles. The smallest absolute Gasteiger partial charge is 0.370 e. The molecule has 0 aromatic carbocycles. The van der Waals surface area contributed by atoms with Crippen molar-refractivity contribution < 1.29 is 13.2 Å². The highest BCUT2D eigenvalue weighted by Gasteiger charge is 2.25. The van der Waals surface area contributed by atoms with E-state index in [1.165, 1.54) is 0 Å². The number of halogens is 3. The number of aryl methyl sites for hydroxylation is 1. The van der Waals surface area contributed by atoms with Crippen LogP contribution >= 0.6 is 0 Å². The number of nitrogens with zero attached hydrogens (tertiary/aromatic N) is 2. The van der Waals surface area contributed by atoms with Gasteiger partial charge in [0.2, 0.25) is 0 Å². The van der Waals surface area contributed by atoms with Gasteiger partial charge in [-0.05, 0) is 19.8 Å². The van der Waals surface area contributed by atoms with Gasteiger partial charge < -0.3 is 10.7 Å². The van der Waals surface area contributed by atoms with E-state index in [1.54, 1.807) is 13.0 Å². The molecule has 0 aliphatic carbocycles. The van der Waals surface area contributed by atoms with Gasteiger partial charge in [0, 0.05) is 19.0 Å². The van der Waals surface area contributed by atoms with Crippen molar-refractivity contribution >= 4 is 11.6 Å². The molecule has 102 valence electrons. The molecule has 18 heavy (non-hydrogen) atoms. The lowest BCUT2D eigenvalue weighted by Crippen LogP contribution is -2.12. The van der Waals surface area contributed by atoms with Gasteiger partial charge in [0.1, 0.15) is 17.5 Å². The van der Waals surface area contributed by atoms with Crippen LogP contribution in [0.25, 0.3) is 0 Å². The second-order valence-electron chi connectivity index (χ2n) is 3.83. The lowest BCUT2D eigenvalue weighted by Gasteiger charge is -2.09. The molecular formula is C10H16F3N5. The average Bonchev–Trinajstić information content (AvgIpc) is 2.26. The summed E-state index contributed by atoms with van der Waals surface area (Å²) in [7, 11) is 0. The summed E-state index contributed by atoms with van der Waals surface area (Å²) in [5.41, 5.74) is 2.39. The Kier molecular flexibility index (Phi) is 5.14. The molecular weight excluding hydrogens is 247 g/mol. The summed E-state index contributed by atoms with van der Waals surface area (Å²) in [6.07, 6.45) is -4.31. The fraction of sp³-hybridized carbons (Fsp3) is 0.600. The Hall–Kier alpha value is -1.57.